The van der Waals surface area contributed by atoms with E-state index in [1.807, 2.05) is 72.4 Å². The lowest BCUT2D eigenvalue weighted by Crippen LogP contribution is -2.00. The highest BCUT2D eigenvalue weighted by Crippen LogP contribution is 2.49. The molecule has 1 aliphatic heterocycles. The molecule has 220 valence electrons. The molecule has 4 heteroatoms. The van der Waals surface area contributed by atoms with Gasteiger partial charge in [-0.05, 0) is 62.4 Å². The van der Waals surface area contributed by atoms with Crippen LogP contribution in [-0.2, 0) is 0 Å². The Balaban J connectivity index is 1.25. The summed E-state index contributed by atoms with van der Waals surface area (Å²) in [5.74, 6) is 1.96. The lowest BCUT2D eigenvalue weighted by atomic mass is 9.87. The first-order chi connectivity index (χ1) is 23.3. The fourth-order valence-electron chi connectivity index (χ4n) is 6.55. The highest BCUT2D eigenvalue weighted by molar-refractivity contribution is 7.99. The maximum Gasteiger partial charge on any atom is 0.164 e. The molecule has 0 saturated heterocycles. The number of rotatable bonds is 4. The minimum Gasteiger partial charge on any atom is -0.208 e. The molecule has 0 fully saturated rings. The number of benzene rings is 7. The fraction of sp³-hybridized carbons (Fsp3) is 0. The molecule has 9 rings (SSSR count). The average Bonchev–Trinajstić information content (AvgIpc) is 3.15. The zero-order chi connectivity index (χ0) is 31.2. The standard InChI is InChI=1S/C43H27N3S/c1-3-13-28(14-4-1)41-44-42(29-15-5-2-6-16-29)46-43(45-41)31-18-11-17-30(27-31)32-25-26-37-34-20-8-10-24-39(34)47-38-23-9-7-19-33(38)36-22-12-21-35(32)40(36)37/h1-27H. The van der Waals surface area contributed by atoms with Gasteiger partial charge in [0.25, 0.3) is 0 Å². The Kier molecular flexibility index (Phi) is 6.72. The predicted molar refractivity (Wildman–Crippen MR) is 194 cm³/mol. The minimum atomic E-state index is 0.649. The Morgan fingerprint density at radius 2 is 0.766 bits per heavy atom. The smallest absolute Gasteiger partial charge is 0.164 e. The van der Waals surface area contributed by atoms with E-state index in [4.69, 9.17) is 15.0 Å². The van der Waals surface area contributed by atoms with Crippen LogP contribution in [0.25, 0.3) is 78.3 Å². The lowest BCUT2D eigenvalue weighted by Gasteiger charge is -2.22. The monoisotopic (exact) mass is 617 g/mol. The van der Waals surface area contributed by atoms with E-state index >= 15 is 0 Å². The van der Waals surface area contributed by atoms with Gasteiger partial charge in [-0.15, -0.1) is 0 Å². The van der Waals surface area contributed by atoms with Crippen LogP contribution < -0.4 is 0 Å². The van der Waals surface area contributed by atoms with Gasteiger partial charge in [0.2, 0.25) is 0 Å². The summed E-state index contributed by atoms with van der Waals surface area (Å²) in [5, 5.41) is 2.49. The van der Waals surface area contributed by atoms with E-state index < -0.39 is 0 Å². The Hall–Kier alpha value is -5.84. The molecular weight excluding hydrogens is 591 g/mol. The molecule has 0 saturated carbocycles. The SMILES string of the molecule is c1ccc(-c2nc(-c3ccccc3)nc(-c3cccc(-c4ccc5c6c(cccc46)-c4ccccc4Sc4ccccc4-5)c3)n2)cc1. The largest absolute Gasteiger partial charge is 0.208 e. The van der Waals surface area contributed by atoms with Crippen molar-refractivity contribution in [3.63, 3.8) is 0 Å². The highest BCUT2D eigenvalue weighted by atomic mass is 32.2. The van der Waals surface area contributed by atoms with Crippen LogP contribution in [0.5, 0.6) is 0 Å². The Morgan fingerprint density at radius 3 is 1.40 bits per heavy atom. The third kappa shape index (κ3) is 4.91. The maximum absolute atomic E-state index is 5.00. The van der Waals surface area contributed by atoms with Crippen LogP contribution in [0.15, 0.2) is 174 Å². The summed E-state index contributed by atoms with van der Waals surface area (Å²) in [4.78, 5) is 17.4. The summed E-state index contributed by atoms with van der Waals surface area (Å²) < 4.78 is 0. The summed E-state index contributed by atoms with van der Waals surface area (Å²) in [6, 6.07) is 57.6. The molecule has 0 spiro atoms. The topological polar surface area (TPSA) is 38.7 Å². The van der Waals surface area contributed by atoms with Gasteiger partial charge in [0.15, 0.2) is 17.5 Å². The molecule has 47 heavy (non-hydrogen) atoms. The molecule has 0 N–H and O–H groups in total. The predicted octanol–water partition coefficient (Wildman–Crippen LogP) is 11.5. The van der Waals surface area contributed by atoms with Crippen molar-refractivity contribution in [2.45, 2.75) is 9.79 Å². The number of hydrogen-bond donors (Lipinski definition) is 0. The van der Waals surface area contributed by atoms with E-state index in [1.54, 1.807) is 0 Å². The van der Waals surface area contributed by atoms with Crippen molar-refractivity contribution < 1.29 is 0 Å². The zero-order valence-corrected chi connectivity index (χ0v) is 26.2. The molecule has 8 aromatic rings. The van der Waals surface area contributed by atoms with Crippen LogP contribution in [0.3, 0.4) is 0 Å². The zero-order valence-electron chi connectivity index (χ0n) is 25.3. The summed E-state index contributed by atoms with van der Waals surface area (Å²) in [6.45, 7) is 0. The van der Waals surface area contributed by atoms with E-state index in [1.165, 1.54) is 48.4 Å². The van der Waals surface area contributed by atoms with Crippen molar-refractivity contribution >= 4 is 22.5 Å². The average molecular weight is 618 g/mol. The Labute approximate surface area is 277 Å². The molecule has 7 aromatic carbocycles. The van der Waals surface area contributed by atoms with Gasteiger partial charge in [0.1, 0.15) is 0 Å². The van der Waals surface area contributed by atoms with Gasteiger partial charge in [0, 0.05) is 26.5 Å². The van der Waals surface area contributed by atoms with E-state index in [2.05, 4.69) is 103 Å². The third-order valence-electron chi connectivity index (χ3n) is 8.75. The number of fused-ring (bicyclic) bond motifs is 4. The van der Waals surface area contributed by atoms with Crippen LogP contribution in [0, 0.1) is 0 Å². The van der Waals surface area contributed by atoms with E-state index in [0.29, 0.717) is 17.5 Å². The second kappa shape index (κ2) is 11.5. The van der Waals surface area contributed by atoms with Crippen molar-refractivity contribution in [2.75, 3.05) is 0 Å². The molecule has 1 aliphatic rings. The summed E-state index contributed by atoms with van der Waals surface area (Å²) in [6.07, 6.45) is 0. The highest BCUT2D eigenvalue weighted by Gasteiger charge is 2.21. The Bertz CT molecular complexity index is 2330. The quantitative estimate of drug-likeness (QED) is 0.197. The van der Waals surface area contributed by atoms with Crippen molar-refractivity contribution in [2.24, 2.45) is 0 Å². The van der Waals surface area contributed by atoms with E-state index in [0.717, 1.165) is 22.3 Å². The van der Waals surface area contributed by atoms with Crippen LogP contribution in [-0.4, -0.2) is 15.0 Å². The Morgan fingerprint density at radius 1 is 0.319 bits per heavy atom. The second-order valence-corrected chi connectivity index (χ2v) is 12.7. The van der Waals surface area contributed by atoms with Gasteiger partial charge in [-0.2, -0.15) is 0 Å². The van der Waals surface area contributed by atoms with E-state index in [9.17, 15) is 0 Å². The van der Waals surface area contributed by atoms with Gasteiger partial charge in [0.05, 0.1) is 0 Å². The van der Waals surface area contributed by atoms with Crippen LogP contribution in [0.2, 0.25) is 0 Å². The fourth-order valence-corrected chi connectivity index (χ4v) is 7.65. The molecule has 3 nitrogen and oxygen atoms in total. The first-order valence-electron chi connectivity index (χ1n) is 15.7. The molecule has 0 radical (unpaired) electrons. The van der Waals surface area contributed by atoms with Gasteiger partial charge in [-0.3, -0.25) is 0 Å². The van der Waals surface area contributed by atoms with Gasteiger partial charge in [-0.25, -0.2) is 15.0 Å². The molecule has 0 unspecified atom stereocenters. The molecule has 0 amide bonds. The first kappa shape index (κ1) is 27.5. The maximum atomic E-state index is 5.00. The number of hydrogen-bond acceptors (Lipinski definition) is 4. The molecule has 0 bridgehead atoms. The lowest BCUT2D eigenvalue weighted by molar-refractivity contribution is 1.07. The van der Waals surface area contributed by atoms with Crippen LogP contribution in [0.4, 0.5) is 0 Å². The normalized spacial score (nSPS) is 11.7. The van der Waals surface area contributed by atoms with Gasteiger partial charge < -0.3 is 0 Å². The van der Waals surface area contributed by atoms with Crippen LogP contribution >= 0.6 is 11.8 Å². The molecule has 0 atom stereocenters. The first-order valence-corrected chi connectivity index (χ1v) is 16.5. The molecule has 1 aromatic heterocycles. The summed E-state index contributed by atoms with van der Waals surface area (Å²) in [5.41, 5.74) is 10.2. The third-order valence-corrected chi connectivity index (χ3v) is 9.90. The van der Waals surface area contributed by atoms with Crippen LogP contribution in [0.1, 0.15) is 0 Å². The molecule has 0 aliphatic carbocycles. The summed E-state index contributed by atoms with van der Waals surface area (Å²) >= 11 is 1.84. The van der Waals surface area contributed by atoms with Gasteiger partial charge >= 0.3 is 0 Å². The van der Waals surface area contributed by atoms with Crippen molar-refractivity contribution in [3.05, 3.63) is 164 Å². The van der Waals surface area contributed by atoms with Crippen molar-refractivity contribution in [1.29, 1.82) is 0 Å². The van der Waals surface area contributed by atoms with Gasteiger partial charge in [-0.1, -0.05) is 157 Å². The number of aromatic nitrogens is 3. The molecular formula is C43H27N3S. The van der Waals surface area contributed by atoms with Crippen molar-refractivity contribution in [3.8, 4) is 67.5 Å². The second-order valence-electron chi connectivity index (χ2n) is 11.6. The number of nitrogens with zero attached hydrogens (tertiary/aromatic N) is 3. The van der Waals surface area contributed by atoms with E-state index in [-0.39, 0.29) is 0 Å². The van der Waals surface area contributed by atoms with Crippen molar-refractivity contribution in [1.82, 2.24) is 15.0 Å². The molecule has 2 heterocycles. The minimum absolute atomic E-state index is 0.649. The summed E-state index contributed by atoms with van der Waals surface area (Å²) in [7, 11) is 0.